The van der Waals surface area contributed by atoms with Crippen LogP contribution in [-0.2, 0) is 4.74 Å². The van der Waals surface area contributed by atoms with Gasteiger partial charge in [0.05, 0.1) is 12.1 Å². The molecule has 0 spiro atoms. The maximum absolute atomic E-state index is 13.4. The highest BCUT2D eigenvalue weighted by atomic mass is 19.1. The van der Waals surface area contributed by atoms with Crippen LogP contribution in [0.2, 0.25) is 0 Å². The first kappa shape index (κ1) is 14.8. The lowest BCUT2D eigenvalue weighted by Gasteiger charge is -2.37. The van der Waals surface area contributed by atoms with Gasteiger partial charge in [0.15, 0.2) is 0 Å². The van der Waals surface area contributed by atoms with E-state index in [1.54, 1.807) is 6.20 Å². The zero-order chi connectivity index (χ0) is 15.6. The molecule has 0 saturated carbocycles. The van der Waals surface area contributed by atoms with Gasteiger partial charge >= 0.3 is 0 Å². The number of halogens is 1. The fourth-order valence-electron chi connectivity index (χ4n) is 3.65. The standard InChI is InChI=1S/C18H22FN3O/c19-15-1-2-16-17(11-15)20-5-3-18(16)22-8-6-21(7-9-22)12-14-4-10-23-13-14/h1-3,5,11,14H,4,6-10,12-13H2. The molecule has 122 valence electrons. The molecule has 3 heterocycles. The fourth-order valence-corrected chi connectivity index (χ4v) is 3.65. The van der Waals surface area contributed by atoms with E-state index in [2.05, 4.69) is 14.8 Å². The van der Waals surface area contributed by atoms with E-state index >= 15 is 0 Å². The van der Waals surface area contributed by atoms with Crippen molar-refractivity contribution in [3.63, 3.8) is 0 Å². The highest BCUT2D eigenvalue weighted by Crippen LogP contribution is 2.27. The molecule has 2 aliphatic heterocycles. The molecule has 1 aromatic carbocycles. The normalized spacial score (nSPS) is 22.8. The number of piperazine rings is 1. The van der Waals surface area contributed by atoms with Crippen molar-refractivity contribution in [2.45, 2.75) is 6.42 Å². The molecule has 0 amide bonds. The summed E-state index contributed by atoms with van der Waals surface area (Å²) >= 11 is 0. The minimum absolute atomic E-state index is 0.231. The zero-order valence-electron chi connectivity index (χ0n) is 13.2. The summed E-state index contributed by atoms with van der Waals surface area (Å²) in [4.78, 5) is 9.22. The van der Waals surface area contributed by atoms with Crippen LogP contribution in [0.1, 0.15) is 6.42 Å². The molecule has 1 atom stereocenters. The lowest BCUT2D eigenvalue weighted by atomic mass is 10.1. The Morgan fingerprint density at radius 1 is 1.17 bits per heavy atom. The third kappa shape index (κ3) is 3.16. The topological polar surface area (TPSA) is 28.6 Å². The summed E-state index contributed by atoms with van der Waals surface area (Å²) in [6, 6.07) is 6.91. The minimum Gasteiger partial charge on any atom is -0.381 e. The van der Waals surface area contributed by atoms with Crippen LogP contribution in [0.25, 0.3) is 10.9 Å². The van der Waals surface area contributed by atoms with Crippen molar-refractivity contribution in [1.82, 2.24) is 9.88 Å². The Bertz CT molecular complexity index is 679. The number of benzene rings is 1. The predicted molar refractivity (Wildman–Crippen MR) is 89.3 cm³/mol. The number of hydrogen-bond donors (Lipinski definition) is 0. The van der Waals surface area contributed by atoms with Crippen molar-refractivity contribution in [3.8, 4) is 0 Å². The van der Waals surface area contributed by atoms with Crippen LogP contribution < -0.4 is 4.90 Å². The predicted octanol–water partition coefficient (Wildman–Crippen LogP) is 2.53. The van der Waals surface area contributed by atoms with Crippen LogP contribution in [0.5, 0.6) is 0 Å². The van der Waals surface area contributed by atoms with E-state index < -0.39 is 0 Å². The average Bonchev–Trinajstić information content (AvgIpc) is 3.08. The second kappa shape index (κ2) is 6.42. The smallest absolute Gasteiger partial charge is 0.125 e. The summed E-state index contributed by atoms with van der Waals surface area (Å²) in [6.45, 7) is 7.14. The summed E-state index contributed by atoms with van der Waals surface area (Å²) in [5, 5.41) is 1.03. The van der Waals surface area contributed by atoms with Gasteiger partial charge in [-0.1, -0.05) is 0 Å². The molecular weight excluding hydrogens is 293 g/mol. The van der Waals surface area contributed by atoms with Crippen molar-refractivity contribution in [1.29, 1.82) is 0 Å². The number of hydrogen-bond acceptors (Lipinski definition) is 4. The van der Waals surface area contributed by atoms with Crippen molar-refractivity contribution in [3.05, 3.63) is 36.3 Å². The van der Waals surface area contributed by atoms with Gasteiger partial charge in [0.25, 0.3) is 0 Å². The Labute approximate surface area is 135 Å². The summed E-state index contributed by atoms with van der Waals surface area (Å²) in [5.41, 5.74) is 1.90. The quantitative estimate of drug-likeness (QED) is 0.870. The molecular formula is C18H22FN3O. The molecule has 2 fully saturated rings. The van der Waals surface area contributed by atoms with E-state index in [4.69, 9.17) is 4.74 Å². The third-order valence-corrected chi connectivity index (χ3v) is 4.94. The Morgan fingerprint density at radius 2 is 2.04 bits per heavy atom. The Balaban J connectivity index is 1.46. The Morgan fingerprint density at radius 3 is 2.83 bits per heavy atom. The van der Waals surface area contributed by atoms with Crippen LogP contribution >= 0.6 is 0 Å². The number of aromatic nitrogens is 1. The van der Waals surface area contributed by atoms with Gasteiger partial charge in [0, 0.05) is 62.7 Å². The van der Waals surface area contributed by atoms with E-state index in [0.717, 1.165) is 56.8 Å². The summed E-state index contributed by atoms with van der Waals surface area (Å²) in [6.07, 6.45) is 2.97. The highest BCUT2D eigenvalue weighted by molar-refractivity contribution is 5.91. The van der Waals surface area contributed by atoms with Crippen molar-refractivity contribution in [2.75, 3.05) is 50.8 Å². The van der Waals surface area contributed by atoms with Crippen molar-refractivity contribution < 1.29 is 9.13 Å². The largest absolute Gasteiger partial charge is 0.381 e. The average molecular weight is 315 g/mol. The van der Waals surface area contributed by atoms with Crippen molar-refractivity contribution >= 4 is 16.6 Å². The number of anilines is 1. The van der Waals surface area contributed by atoms with Crippen LogP contribution in [0.4, 0.5) is 10.1 Å². The lowest BCUT2D eigenvalue weighted by Crippen LogP contribution is -2.48. The Kier molecular flexibility index (Phi) is 4.14. The first-order chi connectivity index (χ1) is 11.3. The van der Waals surface area contributed by atoms with Gasteiger partial charge in [0.1, 0.15) is 5.82 Å². The molecule has 1 aromatic heterocycles. The number of rotatable bonds is 3. The van der Waals surface area contributed by atoms with Gasteiger partial charge < -0.3 is 9.64 Å². The van der Waals surface area contributed by atoms with E-state index in [1.165, 1.54) is 24.2 Å². The van der Waals surface area contributed by atoms with Crippen LogP contribution in [0.15, 0.2) is 30.5 Å². The first-order valence-electron chi connectivity index (χ1n) is 8.39. The molecule has 0 bridgehead atoms. The number of ether oxygens (including phenoxy) is 1. The summed E-state index contributed by atoms with van der Waals surface area (Å²) < 4.78 is 18.9. The Hall–Kier alpha value is -1.72. The fraction of sp³-hybridized carbons (Fsp3) is 0.500. The van der Waals surface area contributed by atoms with Crippen LogP contribution in [0, 0.1) is 11.7 Å². The highest BCUT2D eigenvalue weighted by Gasteiger charge is 2.23. The zero-order valence-corrected chi connectivity index (χ0v) is 13.2. The van der Waals surface area contributed by atoms with Crippen LogP contribution in [0.3, 0.4) is 0 Å². The molecule has 4 rings (SSSR count). The molecule has 0 radical (unpaired) electrons. The van der Waals surface area contributed by atoms with Crippen LogP contribution in [-0.4, -0.2) is 55.8 Å². The van der Waals surface area contributed by atoms with Gasteiger partial charge in [-0.2, -0.15) is 0 Å². The maximum atomic E-state index is 13.4. The molecule has 0 aliphatic carbocycles. The monoisotopic (exact) mass is 315 g/mol. The van der Waals surface area contributed by atoms with Gasteiger partial charge in [0.2, 0.25) is 0 Å². The lowest BCUT2D eigenvalue weighted by molar-refractivity contribution is 0.164. The minimum atomic E-state index is -0.231. The number of pyridine rings is 1. The molecule has 4 nitrogen and oxygen atoms in total. The number of fused-ring (bicyclic) bond motifs is 1. The van der Waals surface area contributed by atoms with E-state index in [1.807, 2.05) is 12.1 Å². The molecule has 2 aliphatic rings. The molecule has 0 N–H and O–H groups in total. The SMILES string of the molecule is Fc1ccc2c(N3CCN(CC4CCOC4)CC3)ccnc2c1. The van der Waals surface area contributed by atoms with E-state index in [9.17, 15) is 4.39 Å². The first-order valence-corrected chi connectivity index (χ1v) is 8.39. The second-order valence-corrected chi connectivity index (χ2v) is 6.51. The maximum Gasteiger partial charge on any atom is 0.125 e. The second-order valence-electron chi connectivity index (χ2n) is 6.51. The van der Waals surface area contributed by atoms with E-state index in [0.29, 0.717) is 5.92 Å². The molecule has 2 aromatic rings. The van der Waals surface area contributed by atoms with Gasteiger partial charge in [-0.3, -0.25) is 9.88 Å². The van der Waals surface area contributed by atoms with Gasteiger partial charge in [-0.15, -0.1) is 0 Å². The molecule has 23 heavy (non-hydrogen) atoms. The van der Waals surface area contributed by atoms with Crippen molar-refractivity contribution in [2.24, 2.45) is 5.92 Å². The van der Waals surface area contributed by atoms with Gasteiger partial charge in [-0.05, 0) is 30.5 Å². The molecule has 5 heteroatoms. The molecule has 2 saturated heterocycles. The molecule has 1 unspecified atom stereocenters. The summed E-state index contributed by atoms with van der Waals surface area (Å²) in [5.74, 6) is 0.469. The third-order valence-electron chi connectivity index (χ3n) is 4.94. The number of nitrogens with zero attached hydrogens (tertiary/aromatic N) is 3. The van der Waals surface area contributed by atoms with E-state index in [-0.39, 0.29) is 5.82 Å². The summed E-state index contributed by atoms with van der Waals surface area (Å²) in [7, 11) is 0. The van der Waals surface area contributed by atoms with Gasteiger partial charge in [-0.25, -0.2) is 4.39 Å².